The second-order valence-corrected chi connectivity index (χ2v) is 8.75. The maximum absolute atomic E-state index is 6.37. The quantitative estimate of drug-likeness (QED) is 0.765. The summed E-state index contributed by atoms with van der Waals surface area (Å²) in [5.41, 5.74) is 1.85. The minimum Gasteiger partial charge on any atom is -0.363 e. The summed E-state index contributed by atoms with van der Waals surface area (Å²) >= 11 is 0. The number of benzene rings is 1. The molecule has 29 heavy (non-hydrogen) atoms. The van der Waals surface area contributed by atoms with E-state index in [-0.39, 0.29) is 18.8 Å². The normalized spacial score (nSPS) is 39.9. The second kappa shape index (κ2) is 6.73. The lowest BCUT2D eigenvalue weighted by molar-refractivity contribution is -0.353. The summed E-state index contributed by atoms with van der Waals surface area (Å²) in [6.07, 6.45) is -1.29. The minimum atomic E-state index is -1.09. The standard InChI is InChI=1S/C21H27NO7/c1-19(2)24-12-21(29-19)18(17-15(11-23-21)26-20(3,4)27-17)25-16-10-14(22-28-16)13-8-6-5-7-9-13/h5-9,15-18H,10-12H2,1-4H3/t15-,16-,17-,18+,21+/m1/s1. The first-order chi connectivity index (χ1) is 13.8. The molecule has 0 N–H and O–H groups in total. The molecule has 3 fully saturated rings. The van der Waals surface area contributed by atoms with E-state index in [1.165, 1.54) is 0 Å². The first kappa shape index (κ1) is 19.4. The third-order valence-electron chi connectivity index (χ3n) is 5.53. The molecule has 0 bridgehead atoms. The predicted molar refractivity (Wildman–Crippen MR) is 101 cm³/mol. The number of fused-ring (bicyclic) bond motifs is 1. The fourth-order valence-electron chi connectivity index (χ4n) is 4.34. The molecule has 1 aromatic rings. The van der Waals surface area contributed by atoms with Gasteiger partial charge in [0.2, 0.25) is 12.1 Å². The van der Waals surface area contributed by atoms with Crippen molar-refractivity contribution in [3.63, 3.8) is 0 Å². The van der Waals surface area contributed by atoms with E-state index in [9.17, 15) is 0 Å². The maximum Gasteiger partial charge on any atom is 0.233 e. The van der Waals surface area contributed by atoms with E-state index in [2.05, 4.69) is 5.16 Å². The van der Waals surface area contributed by atoms with E-state index in [0.717, 1.165) is 11.3 Å². The molecule has 0 amide bonds. The summed E-state index contributed by atoms with van der Waals surface area (Å²) in [5.74, 6) is -2.61. The molecule has 0 aliphatic carbocycles. The molecule has 8 heteroatoms. The van der Waals surface area contributed by atoms with Crippen molar-refractivity contribution in [2.24, 2.45) is 5.16 Å². The molecule has 5 atom stereocenters. The molecule has 5 rings (SSSR count). The second-order valence-electron chi connectivity index (χ2n) is 8.75. The van der Waals surface area contributed by atoms with Gasteiger partial charge in [-0.3, -0.25) is 0 Å². The average molecular weight is 405 g/mol. The van der Waals surface area contributed by atoms with Crippen molar-refractivity contribution in [3.05, 3.63) is 35.9 Å². The van der Waals surface area contributed by atoms with Crippen LogP contribution in [0.4, 0.5) is 0 Å². The zero-order valence-electron chi connectivity index (χ0n) is 17.1. The van der Waals surface area contributed by atoms with Crippen LogP contribution in [-0.4, -0.2) is 60.9 Å². The van der Waals surface area contributed by atoms with E-state index >= 15 is 0 Å². The monoisotopic (exact) mass is 405 g/mol. The zero-order chi connectivity index (χ0) is 20.3. The van der Waals surface area contributed by atoms with Crippen molar-refractivity contribution in [1.29, 1.82) is 0 Å². The van der Waals surface area contributed by atoms with Crippen LogP contribution in [-0.2, 0) is 33.3 Å². The van der Waals surface area contributed by atoms with E-state index in [0.29, 0.717) is 13.0 Å². The van der Waals surface area contributed by atoms with Gasteiger partial charge in [0, 0.05) is 0 Å². The molecule has 4 aliphatic heterocycles. The van der Waals surface area contributed by atoms with Gasteiger partial charge in [-0.05, 0) is 33.3 Å². The molecule has 0 aromatic heterocycles. The molecule has 158 valence electrons. The van der Waals surface area contributed by atoms with E-state index in [4.69, 9.17) is 33.3 Å². The molecular formula is C21H27NO7. The molecule has 0 saturated carbocycles. The van der Waals surface area contributed by atoms with Crippen LogP contribution in [0.1, 0.15) is 39.7 Å². The molecule has 0 radical (unpaired) electrons. The summed E-state index contributed by atoms with van der Waals surface area (Å²) in [6.45, 7) is 8.04. The first-order valence-electron chi connectivity index (χ1n) is 10.0. The Morgan fingerprint density at radius 1 is 1.00 bits per heavy atom. The Labute approximate surface area is 170 Å². The van der Waals surface area contributed by atoms with Crippen LogP contribution in [0.5, 0.6) is 0 Å². The third kappa shape index (κ3) is 3.58. The predicted octanol–water partition coefficient (Wildman–Crippen LogP) is 2.55. The van der Waals surface area contributed by atoms with Crippen LogP contribution in [0, 0.1) is 0 Å². The zero-order valence-corrected chi connectivity index (χ0v) is 17.1. The number of oxime groups is 1. The van der Waals surface area contributed by atoms with Crippen LogP contribution in [0.15, 0.2) is 35.5 Å². The summed E-state index contributed by atoms with van der Waals surface area (Å²) in [4.78, 5) is 5.60. The van der Waals surface area contributed by atoms with Gasteiger partial charge in [0.25, 0.3) is 0 Å². The molecule has 4 heterocycles. The van der Waals surface area contributed by atoms with Crippen molar-refractivity contribution in [1.82, 2.24) is 0 Å². The van der Waals surface area contributed by atoms with Gasteiger partial charge in [0.15, 0.2) is 11.6 Å². The van der Waals surface area contributed by atoms with Crippen molar-refractivity contribution in [3.8, 4) is 0 Å². The first-order valence-corrected chi connectivity index (χ1v) is 10.0. The highest BCUT2D eigenvalue weighted by Gasteiger charge is 2.64. The number of ether oxygens (including phenoxy) is 6. The fourth-order valence-corrected chi connectivity index (χ4v) is 4.34. The molecule has 1 aromatic carbocycles. The van der Waals surface area contributed by atoms with Gasteiger partial charge in [-0.15, -0.1) is 0 Å². The summed E-state index contributed by atoms with van der Waals surface area (Å²) < 4.78 is 36.7. The van der Waals surface area contributed by atoms with Crippen LogP contribution in [0.2, 0.25) is 0 Å². The van der Waals surface area contributed by atoms with Gasteiger partial charge in [-0.1, -0.05) is 35.5 Å². The summed E-state index contributed by atoms with van der Waals surface area (Å²) in [7, 11) is 0. The molecule has 1 spiro atoms. The van der Waals surface area contributed by atoms with Crippen LogP contribution < -0.4 is 0 Å². The maximum atomic E-state index is 6.37. The highest BCUT2D eigenvalue weighted by atomic mass is 16.9. The number of nitrogens with zero attached hydrogens (tertiary/aromatic N) is 1. The third-order valence-corrected chi connectivity index (χ3v) is 5.53. The lowest BCUT2D eigenvalue weighted by Crippen LogP contribution is -2.63. The summed E-state index contributed by atoms with van der Waals surface area (Å²) in [5, 5.41) is 4.22. The number of hydrogen-bond donors (Lipinski definition) is 0. The Kier molecular flexibility index (Phi) is 4.51. The highest BCUT2D eigenvalue weighted by molar-refractivity contribution is 6.01. The molecule has 8 nitrogen and oxygen atoms in total. The lowest BCUT2D eigenvalue weighted by atomic mass is 9.97. The van der Waals surface area contributed by atoms with Gasteiger partial charge in [-0.25, -0.2) is 0 Å². The fraction of sp³-hybridized carbons (Fsp3) is 0.667. The Morgan fingerprint density at radius 2 is 1.79 bits per heavy atom. The van der Waals surface area contributed by atoms with E-state index < -0.39 is 29.8 Å². The van der Waals surface area contributed by atoms with Gasteiger partial charge in [0.1, 0.15) is 24.9 Å². The van der Waals surface area contributed by atoms with Crippen LogP contribution >= 0.6 is 0 Å². The largest absolute Gasteiger partial charge is 0.363 e. The SMILES string of the molecule is CC1(C)O[C@@H]2[C@@H](CO[C@]3(COC(C)(C)O3)[C@H]2O[C@H]2CC(c3ccccc3)=NO2)O1. The van der Waals surface area contributed by atoms with Crippen molar-refractivity contribution < 1.29 is 33.3 Å². The topological polar surface area (TPSA) is 77.0 Å². The van der Waals surface area contributed by atoms with Gasteiger partial charge in [0.05, 0.1) is 18.7 Å². The van der Waals surface area contributed by atoms with Gasteiger partial charge < -0.3 is 33.3 Å². The van der Waals surface area contributed by atoms with Gasteiger partial charge >= 0.3 is 0 Å². The molecule has 4 aliphatic rings. The van der Waals surface area contributed by atoms with Crippen LogP contribution in [0.3, 0.4) is 0 Å². The van der Waals surface area contributed by atoms with E-state index in [1.807, 2.05) is 58.0 Å². The Morgan fingerprint density at radius 3 is 2.52 bits per heavy atom. The lowest BCUT2D eigenvalue weighted by Gasteiger charge is -2.44. The molecule has 0 unspecified atom stereocenters. The smallest absolute Gasteiger partial charge is 0.233 e. The Balaban J connectivity index is 1.37. The molecular weight excluding hydrogens is 378 g/mol. The van der Waals surface area contributed by atoms with Crippen molar-refractivity contribution >= 4 is 5.71 Å². The highest BCUT2D eigenvalue weighted by Crippen LogP contribution is 2.46. The van der Waals surface area contributed by atoms with Gasteiger partial charge in [-0.2, -0.15) is 0 Å². The number of hydrogen-bond acceptors (Lipinski definition) is 8. The van der Waals surface area contributed by atoms with Crippen molar-refractivity contribution in [2.45, 2.75) is 76.1 Å². The Bertz CT molecular complexity index is 793. The number of rotatable bonds is 3. The molecule has 3 saturated heterocycles. The van der Waals surface area contributed by atoms with Crippen molar-refractivity contribution in [2.75, 3.05) is 13.2 Å². The minimum absolute atomic E-state index is 0.233. The summed E-state index contributed by atoms with van der Waals surface area (Å²) in [6, 6.07) is 9.91. The average Bonchev–Trinajstić information content (AvgIpc) is 3.34. The van der Waals surface area contributed by atoms with E-state index in [1.54, 1.807) is 0 Å². The van der Waals surface area contributed by atoms with Crippen LogP contribution in [0.25, 0.3) is 0 Å². The Hall–Kier alpha value is -1.55.